The van der Waals surface area contributed by atoms with Crippen molar-refractivity contribution in [2.24, 2.45) is 5.73 Å². The molecule has 2 aromatic carbocycles. The fraction of sp³-hybridized carbons (Fsp3) is 0.375. The van der Waals surface area contributed by atoms with E-state index in [9.17, 15) is 9.59 Å². The lowest BCUT2D eigenvalue weighted by Crippen LogP contribution is -2.51. The fourth-order valence-corrected chi connectivity index (χ4v) is 4.70. The molecule has 2 aromatic heterocycles. The predicted molar refractivity (Wildman–Crippen MR) is 163 cm³/mol. The molecule has 0 unspecified atom stereocenters. The van der Waals surface area contributed by atoms with E-state index in [4.69, 9.17) is 19.9 Å². The molecule has 11 heteroatoms. The Bertz CT molecular complexity index is 1510. The summed E-state index contributed by atoms with van der Waals surface area (Å²) in [6.07, 6.45) is -0.417. The van der Waals surface area contributed by atoms with Crippen LogP contribution in [-0.4, -0.2) is 69.9 Å². The van der Waals surface area contributed by atoms with Crippen LogP contribution in [0.15, 0.2) is 72.8 Å². The largest absolute Gasteiger partial charge is 0.443 e. The van der Waals surface area contributed by atoms with Crippen LogP contribution in [0.2, 0.25) is 0 Å². The summed E-state index contributed by atoms with van der Waals surface area (Å²) < 4.78 is 18.9. The van der Waals surface area contributed by atoms with E-state index in [1.807, 2.05) is 48.5 Å². The zero-order valence-electron chi connectivity index (χ0n) is 23.9. The lowest BCUT2D eigenvalue weighted by atomic mass is 10.0. The van der Waals surface area contributed by atoms with Crippen molar-refractivity contribution in [2.45, 2.75) is 46.1 Å². The lowest BCUT2D eigenvalue weighted by molar-refractivity contribution is -0.126. The third-order valence-corrected chi connectivity index (χ3v) is 6.99. The minimum atomic E-state index is -1.13. The number of ether oxygens (including phenoxy) is 3. The number of hydrogen-bond donors (Lipinski definition) is 2. The third kappa shape index (κ3) is 7.75. The number of nitrogens with one attached hydrogen (secondary N) is 1. The summed E-state index contributed by atoms with van der Waals surface area (Å²) in [6, 6.07) is 22.9. The number of nitrogens with zero attached hydrogens (tertiary/aromatic N) is 4. The van der Waals surface area contributed by atoms with Gasteiger partial charge in [-0.3, -0.25) is 9.20 Å². The van der Waals surface area contributed by atoms with Crippen molar-refractivity contribution in [3.63, 3.8) is 0 Å². The van der Waals surface area contributed by atoms with Crippen LogP contribution in [0.5, 0.6) is 0 Å². The highest BCUT2D eigenvalue weighted by Crippen LogP contribution is 2.25. The molecule has 1 fully saturated rings. The average molecular weight is 589 g/mol. The quantitative estimate of drug-likeness (QED) is 0.283. The predicted octanol–water partition coefficient (Wildman–Crippen LogP) is 4.11. The van der Waals surface area contributed by atoms with E-state index in [0.29, 0.717) is 50.1 Å². The van der Waals surface area contributed by atoms with E-state index in [1.54, 1.807) is 29.2 Å². The van der Waals surface area contributed by atoms with E-state index in [-0.39, 0.29) is 26.5 Å². The smallest absolute Gasteiger partial charge is 0.410 e. The molecule has 2 amide bonds. The second-order valence-corrected chi connectivity index (χ2v) is 10.7. The Morgan fingerprint density at radius 3 is 2.44 bits per heavy atom. The normalized spacial score (nSPS) is 14.2. The van der Waals surface area contributed by atoms with Crippen LogP contribution in [-0.2, 0) is 32.2 Å². The summed E-state index contributed by atoms with van der Waals surface area (Å²) in [6.45, 7) is 5.60. The van der Waals surface area contributed by atoms with Gasteiger partial charge in [-0.05, 0) is 42.7 Å². The maximum absolute atomic E-state index is 13.0. The van der Waals surface area contributed by atoms with Crippen LogP contribution >= 0.6 is 0 Å². The number of morpholine rings is 1. The molecule has 0 bridgehead atoms. The monoisotopic (exact) mass is 588 g/mol. The number of pyridine rings is 1. The Morgan fingerprint density at radius 1 is 0.977 bits per heavy atom. The Morgan fingerprint density at radius 2 is 1.70 bits per heavy atom. The van der Waals surface area contributed by atoms with E-state index < -0.39 is 17.7 Å². The first-order chi connectivity index (χ1) is 20.3. The summed E-state index contributed by atoms with van der Waals surface area (Å²) in [5.41, 5.74) is 9.34. The van der Waals surface area contributed by atoms with Gasteiger partial charge in [0.1, 0.15) is 12.6 Å². The number of benzene rings is 2. The molecule has 11 nitrogen and oxygen atoms in total. The second kappa shape index (κ2) is 14.2. The molecule has 1 aliphatic rings. The van der Waals surface area contributed by atoms with Crippen molar-refractivity contribution >= 4 is 17.6 Å². The van der Waals surface area contributed by atoms with Gasteiger partial charge in [0.05, 0.1) is 37.7 Å². The van der Waals surface area contributed by atoms with Gasteiger partial charge in [-0.1, -0.05) is 68.1 Å². The molecule has 228 valence electrons. The minimum Gasteiger partial charge on any atom is -0.443 e. The van der Waals surface area contributed by atoms with Crippen LogP contribution in [0.25, 0.3) is 16.8 Å². The number of carbonyl (C=O) groups excluding carboxylic acids is 2. The molecule has 0 saturated carbocycles. The van der Waals surface area contributed by atoms with Crippen molar-refractivity contribution in [1.82, 2.24) is 24.8 Å². The first-order valence-electron chi connectivity index (χ1n) is 13.9. The molecule has 1 atom stereocenters. The topological polar surface area (TPSA) is 133 Å². The number of fused-ring (bicyclic) bond motifs is 1. The Hall–Kier alpha value is -4.32. The number of nitrogens with two attached hydrogens (primary N) is 1. The van der Waals surface area contributed by atoms with E-state index in [2.05, 4.69) is 33.7 Å². The van der Waals surface area contributed by atoms with Gasteiger partial charge in [-0.2, -0.15) is 0 Å². The SMILES string of the molecule is C.CC(C)(N)C(=O)N[C@H](COCc1ccccc1-c1ccccc1)c1nnc2cccc(COC(=O)N3CCOCC3)n12. The molecular weight excluding hydrogens is 548 g/mol. The molecule has 3 N–H and O–H groups in total. The summed E-state index contributed by atoms with van der Waals surface area (Å²) in [5.74, 6) is 0.0747. The van der Waals surface area contributed by atoms with E-state index in [0.717, 1.165) is 16.7 Å². The number of hydrogen-bond acceptors (Lipinski definition) is 8. The molecule has 5 rings (SSSR count). The van der Waals surface area contributed by atoms with Crippen LogP contribution in [0.4, 0.5) is 4.79 Å². The highest BCUT2D eigenvalue weighted by Gasteiger charge is 2.29. The van der Waals surface area contributed by atoms with Crippen molar-refractivity contribution in [2.75, 3.05) is 32.9 Å². The number of carbonyl (C=O) groups is 2. The van der Waals surface area contributed by atoms with Gasteiger partial charge in [-0.15, -0.1) is 10.2 Å². The van der Waals surface area contributed by atoms with Gasteiger partial charge in [0.2, 0.25) is 5.91 Å². The van der Waals surface area contributed by atoms with Crippen molar-refractivity contribution < 1.29 is 23.8 Å². The first-order valence-corrected chi connectivity index (χ1v) is 13.9. The minimum absolute atomic E-state index is 0. The average Bonchev–Trinajstić information content (AvgIpc) is 3.45. The fourth-order valence-electron chi connectivity index (χ4n) is 4.70. The van der Waals surface area contributed by atoms with Gasteiger partial charge in [0.15, 0.2) is 11.5 Å². The highest BCUT2D eigenvalue weighted by atomic mass is 16.6. The maximum Gasteiger partial charge on any atom is 0.410 e. The van der Waals surface area contributed by atoms with E-state index >= 15 is 0 Å². The molecule has 3 heterocycles. The van der Waals surface area contributed by atoms with Crippen molar-refractivity contribution in [1.29, 1.82) is 0 Å². The zero-order valence-corrected chi connectivity index (χ0v) is 23.9. The van der Waals surface area contributed by atoms with Crippen LogP contribution in [0.1, 0.15) is 44.4 Å². The van der Waals surface area contributed by atoms with Gasteiger partial charge in [-0.25, -0.2) is 4.79 Å². The summed E-state index contributed by atoms with van der Waals surface area (Å²) in [7, 11) is 0. The summed E-state index contributed by atoms with van der Waals surface area (Å²) in [4.78, 5) is 27.3. The highest BCUT2D eigenvalue weighted by molar-refractivity contribution is 5.85. The summed E-state index contributed by atoms with van der Waals surface area (Å²) in [5, 5.41) is 11.7. The van der Waals surface area contributed by atoms with Crippen molar-refractivity contribution in [3.8, 4) is 11.1 Å². The molecule has 1 saturated heterocycles. The standard InChI is InChI=1S/C31H36N6O5.CH4/c1-31(2,32)29(38)33-26(21-41-19-23-11-6-7-13-25(23)22-9-4-3-5-10-22)28-35-34-27-14-8-12-24(37(27)28)20-42-30(39)36-15-17-40-18-16-36;/h3-14,26H,15-21,32H2,1-2H3,(H,33,38);1H4/t26-;/m1./s1. The first kappa shape index (κ1) is 31.6. The molecule has 0 aliphatic carbocycles. The summed E-state index contributed by atoms with van der Waals surface area (Å²) >= 11 is 0. The third-order valence-electron chi connectivity index (χ3n) is 6.99. The molecule has 0 spiro atoms. The van der Waals surface area contributed by atoms with Crippen LogP contribution < -0.4 is 11.1 Å². The van der Waals surface area contributed by atoms with E-state index in [1.165, 1.54) is 0 Å². The molecule has 4 aromatic rings. The number of amides is 2. The zero-order chi connectivity index (χ0) is 29.5. The molecule has 43 heavy (non-hydrogen) atoms. The molecular formula is C32H40N6O5. The van der Waals surface area contributed by atoms with Crippen LogP contribution in [0, 0.1) is 0 Å². The Kier molecular flexibility index (Phi) is 10.5. The number of rotatable bonds is 10. The van der Waals surface area contributed by atoms with Crippen molar-refractivity contribution in [3.05, 3.63) is 89.9 Å². The maximum atomic E-state index is 13.0. The number of aromatic nitrogens is 3. The Labute approximate surface area is 251 Å². The van der Waals surface area contributed by atoms with Gasteiger partial charge in [0.25, 0.3) is 0 Å². The second-order valence-electron chi connectivity index (χ2n) is 10.7. The molecule has 1 aliphatic heterocycles. The van der Waals surface area contributed by atoms with Gasteiger partial charge in [0, 0.05) is 13.1 Å². The van der Waals surface area contributed by atoms with Gasteiger partial charge >= 0.3 is 6.09 Å². The molecule has 0 radical (unpaired) electrons. The lowest BCUT2D eigenvalue weighted by Gasteiger charge is -2.26. The van der Waals surface area contributed by atoms with Gasteiger partial charge < -0.3 is 30.2 Å². The Balaban J connectivity index is 0.00000423. The van der Waals surface area contributed by atoms with Crippen LogP contribution in [0.3, 0.4) is 0 Å².